The molecular formula is C9H10FNO3. The highest BCUT2D eigenvalue weighted by Crippen LogP contribution is 2.27. The predicted molar refractivity (Wildman–Crippen MR) is 48.7 cm³/mol. The van der Waals surface area contributed by atoms with Gasteiger partial charge in [0.1, 0.15) is 17.1 Å². The maximum Gasteiger partial charge on any atom is 0.343 e. The largest absolute Gasteiger partial charge is 0.495 e. The normalized spacial score (nSPS) is 9.64. The standard InChI is InChI=1S/C9H10FNO3/c1-13-6-4-3-5(10)7(8(6)11)9(12)14-2/h3-4H,11H2,1-2H3. The number of halogens is 1. The third-order valence-corrected chi connectivity index (χ3v) is 1.76. The van der Waals surface area contributed by atoms with Crippen LogP contribution in [0.25, 0.3) is 0 Å². The van der Waals surface area contributed by atoms with Crippen LogP contribution < -0.4 is 10.5 Å². The molecule has 4 nitrogen and oxygen atoms in total. The number of nitrogen functional groups attached to an aromatic ring is 1. The molecule has 0 spiro atoms. The summed E-state index contributed by atoms with van der Waals surface area (Å²) in [6, 6.07) is 2.44. The summed E-state index contributed by atoms with van der Waals surface area (Å²) >= 11 is 0. The summed E-state index contributed by atoms with van der Waals surface area (Å²) in [6.45, 7) is 0. The fourth-order valence-electron chi connectivity index (χ4n) is 1.06. The Morgan fingerprint density at radius 2 is 2.07 bits per heavy atom. The monoisotopic (exact) mass is 199 g/mol. The quantitative estimate of drug-likeness (QED) is 0.574. The Morgan fingerprint density at radius 3 is 2.57 bits per heavy atom. The van der Waals surface area contributed by atoms with Gasteiger partial charge in [-0.2, -0.15) is 0 Å². The molecule has 0 unspecified atom stereocenters. The van der Waals surface area contributed by atoms with Gasteiger partial charge in [0, 0.05) is 0 Å². The molecule has 0 aromatic heterocycles. The van der Waals surface area contributed by atoms with E-state index in [0.29, 0.717) is 0 Å². The van der Waals surface area contributed by atoms with Crippen molar-refractivity contribution in [2.45, 2.75) is 0 Å². The van der Waals surface area contributed by atoms with Crippen LogP contribution >= 0.6 is 0 Å². The Balaban J connectivity index is 3.32. The van der Waals surface area contributed by atoms with Gasteiger partial charge in [-0.05, 0) is 12.1 Å². The second-order valence-corrected chi connectivity index (χ2v) is 2.53. The molecule has 1 aromatic rings. The molecule has 0 saturated heterocycles. The van der Waals surface area contributed by atoms with Gasteiger partial charge in [-0.15, -0.1) is 0 Å². The van der Waals surface area contributed by atoms with E-state index < -0.39 is 11.8 Å². The van der Waals surface area contributed by atoms with Crippen molar-refractivity contribution < 1.29 is 18.7 Å². The number of hydrogen-bond acceptors (Lipinski definition) is 4. The molecule has 0 bridgehead atoms. The van der Waals surface area contributed by atoms with Crippen molar-refractivity contribution in [2.24, 2.45) is 0 Å². The van der Waals surface area contributed by atoms with Crippen LogP contribution in [0.4, 0.5) is 10.1 Å². The van der Waals surface area contributed by atoms with Gasteiger partial charge >= 0.3 is 5.97 Å². The number of esters is 1. The fourth-order valence-corrected chi connectivity index (χ4v) is 1.06. The van der Waals surface area contributed by atoms with Crippen molar-refractivity contribution in [1.82, 2.24) is 0 Å². The number of methoxy groups -OCH3 is 2. The summed E-state index contributed by atoms with van der Waals surface area (Å²) in [6.07, 6.45) is 0. The number of nitrogens with two attached hydrogens (primary N) is 1. The lowest BCUT2D eigenvalue weighted by atomic mass is 10.1. The highest BCUT2D eigenvalue weighted by Gasteiger charge is 2.18. The van der Waals surface area contributed by atoms with Gasteiger partial charge in [-0.3, -0.25) is 0 Å². The third-order valence-electron chi connectivity index (χ3n) is 1.76. The number of rotatable bonds is 2. The molecule has 14 heavy (non-hydrogen) atoms. The van der Waals surface area contributed by atoms with E-state index in [-0.39, 0.29) is 17.0 Å². The van der Waals surface area contributed by atoms with Crippen LogP contribution in [-0.2, 0) is 4.74 Å². The van der Waals surface area contributed by atoms with Crippen LogP contribution in [0.5, 0.6) is 5.75 Å². The second-order valence-electron chi connectivity index (χ2n) is 2.53. The van der Waals surface area contributed by atoms with Gasteiger partial charge in [0.25, 0.3) is 0 Å². The van der Waals surface area contributed by atoms with Crippen LogP contribution in [0.1, 0.15) is 10.4 Å². The van der Waals surface area contributed by atoms with Crippen LogP contribution in [0, 0.1) is 5.82 Å². The summed E-state index contributed by atoms with van der Waals surface area (Å²) in [5, 5.41) is 0. The fraction of sp³-hybridized carbons (Fsp3) is 0.222. The summed E-state index contributed by atoms with van der Waals surface area (Å²) < 4.78 is 22.4. The van der Waals surface area contributed by atoms with Gasteiger partial charge in [-0.25, -0.2) is 9.18 Å². The molecule has 76 valence electrons. The van der Waals surface area contributed by atoms with Crippen LogP contribution in [0.3, 0.4) is 0 Å². The third kappa shape index (κ3) is 1.61. The predicted octanol–water partition coefficient (Wildman–Crippen LogP) is 1.20. The molecule has 2 N–H and O–H groups in total. The van der Waals surface area contributed by atoms with Crippen molar-refractivity contribution >= 4 is 11.7 Å². The molecule has 0 radical (unpaired) electrons. The lowest BCUT2D eigenvalue weighted by molar-refractivity contribution is 0.0596. The Morgan fingerprint density at radius 1 is 1.43 bits per heavy atom. The number of carbonyl (C=O) groups excluding carboxylic acids is 1. The maximum absolute atomic E-state index is 13.2. The second kappa shape index (κ2) is 3.95. The smallest absolute Gasteiger partial charge is 0.343 e. The molecule has 0 fully saturated rings. The zero-order valence-electron chi connectivity index (χ0n) is 7.83. The number of benzene rings is 1. The minimum atomic E-state index is -0.820. The average molecular weight is 199 g/mol. The van der Waals surface area contributed by atoms with Crippen LogP contribution in [0.2, 0.25) is 0 Å². The van der Waals surface area contributed by atoms with Crippen molar-refractivity contribution in [3.8, 4) is 5.75 Å². The summed E-state index contributed by atoms with van der Waals surface area (Å²) in [5.74, 6) is -1.30. The van der Waals surface area contributed by atoms with Crippen molar-refractivity contribution in [1.29, 1.82) is 0 Å². The van der Waals surface area contributed by atoms with E-state index in [9.17, 15) is 9.18 Å². The highest BCUT2D eigenvalue weighted by atomic mass is 19.1. The SMILES string of the molecule is COC(=O)c1c(F)ccc(OC)c1N. The maximum atomic E-state index is 13.2. The van der Waals surface area contributed by atoms with E-state index in [1.165, 1.54) is 13.2 Å². The first-order chi connectivity index (χ1) is 6.61. The molecule has 0 amide bonds. The highest BCUT2D eigenvalue weighted by molar-refractivity contribution is 5.96. The van der Waals surface area contributed by atoms with Gasteiger partial charge in [0.15, 0.2) is 0 Å². The van der Waals surface area contributed by atoms with E-state index in [1.807, 2.05) is 0 Å². The van der Waals surface area contributed by atoms with Gasteiger partial charge < -0.3 is 15.2 Å². The number of hydrogen-bond donors (Lipinski definition) is 1. The molecule has 1 rings (SSSR count). The zero-order chi connectivity index (χ0) is 10.7. The lowest BCUT2D eigenvalue weighted by Crippen LogP contribution is -2.09. The summed E-state index contributed by atoms with van der Waals surface area (Å²) in [7, 11) is 2.53. The number of ether oxygens (including phenoxy) is 2. The van der Waals surface area contributed by atoms with Crippen LogP contribution in [-0.4, -0.2) is 20.2 Å². The van der Waals surface area contributed by atoms with E-state index in [1.54, 1.807) is 0 Å². The average Bonchev–Trinajstić information content (AvgIpc) is 2.18. The Hall–Kier alpha value is -1.78. The van der Waals surface area contributed by atoms with E-state index in [4.69, 9.17) is 10.5 Å². The minimum absolute atomic E-state index is 0.0562. The first-order valence-electron chi connectivity index (χ1n) is 3.82. The molecule has 0 aliphatic rings. The van der Waals surface area contributed by atoms with Gasteiger partial charge in [-0.1, -0.05) is 0 Å². The first kappa shape index (κ1) is 10.3. The molecule has 0 saturated carbocycles. The topological polar surface area (TPSA) is 61.5 Å². The van der Waals surface area contributed by atoms with E-state index in [2.05, 4.69) is 4.74 Å². The van der Waals surface area contributed by atoms with E-state index >= 15 is 0 Å². The molecule has 5 heteroatoms. The van der Waals surface area contributed by atoms with Crippen LogP contribution in [0.15, 0.2) is 12.1 Å². The van der Waals surface area contributed by atoms with Gasteiger partial charge in [0.05, 0.1) is 19.9 Å². The van der Waals surface area contributed by atoms with Crippen molar-refractivity contribution in [2.75, 3.05) is 20.0 Å². The molecule has 0 heterocycles. The van der Waals surface area contributed by atoms with E-state index in [0.717, 1.165) is 13.2 Å². The Bertz CT molecular complexity index is 365. The molecular weight excluding hydrogens is 189 g/mol. The Labute approximate surface area is 80.4 Å². The molecule has 1 aromatic carbocycles. The Kier molecular flexibility index (Phi) is 2.91. The minimum Gasteiger partial charge on any atom is -0.495 e. The number of carbonyl (C=O) groups is 1. The summed E-state index contributed by atoms with van der Waals surface area (Å²) in [4.78, 5) is 11.1. The number of anilines is 1. The molecule has 0 atom stereocenters. The first-order valence-corrected chi connectivity index (χ1v) is 3.82. The van der Waals surface area contributed by atoms with Gasteiger partial charge in [0.2, 0.25) is 0 Å². The molecule has 0 aliphatic heterocycles. The zero-order valence-corrected chi connectivity index (χ0v) is 7.83. The lowest BCUT2D eigenvalue weighted by Gasteiger charge is -2.08. The van der Waals surface area contributed by atoms with Crippen molar-refractivity contribution in [3.05, 3.63) is 23.5 Å². The summed E-state index contributed by atoms with van der Waals surface area (Å²) in [5.41, 5.74) is 5.15. The van der Waals surface area contributed by atoms with Crippen molar-refractivity contribution in [3.63, 3.8) is 0 Å². The molecule has 0 aliphatic carbocycles.